The van der Waals surface area contributed by atoms with Gasteiger partial charge in [0.15, 0.2) is 5.78 Å². The summed E-state index contributed by atoms with van der Waals surface area (Å²) < 4.78 is 26.8. The van der Waals surface area contributed by atoms with Crippen LogP contribution in [0.5, 0.6) is 0 Å². The van der Waals surface area contributed by atoms with Crippen LogP contribution >= 0.6 is 15.9 Å². The molecule has 0 radical (unpaired) electrons. The molecule has 4 heteroatoms. The van der Waals surface area contributed by atoms with E-state index in [9.17, 15) is 13.6 Å². The van der Waals surface area contributed by atoms with Crippen LogP contribution in [0.25, 0.3) is 0 Å². The van der Waals surface area contributed by atoms with Crippen molar-refractivity contribution < 1.29 is 13.6 Å². The lowest BCUT2D eigenvalue weighted by atomic mass is 10.0. The molecule has 0 aliphatic heterocycles. The molecule has 1 nitrogen and oxygen atoms in total. The number of carbonyl (C=O) groups is 1. The van der Waals surface area contributed by atoms with Crippen molar-refractivity contribution in [3.63, 3.8) is 0 Å². The minimum atomic E-state index is -0.519. The lowest BCUT2D eigenvalue weighted by molar-refractivity contribution is 0.103. The van der Waals surface area contributed by atoms with Gasteiger partial charge in [0.2, 0.25) is 0 Å². The molecule has 0 saturated heterocycles. The van der Waals surface area contributed by atoms with Gasteiger partial charge in [0.25, 0.3) is 0 Å². The van der Waals surface area contributed by atoms with Crippen LogP contribution in [0, 0.1) is 18.6 Å². The van der Waals surface area contributed by atoms with Crippen LogP contribution in [0.3, 0.4) is 0 Å². The fourth-order valence-electron chi connectivity index (χ4n) is 1.67. The molecule has 0 unspecified atom stereocenters. The topological polar surface area (TPSA) is 17.1 Å². The van der Waals surface area contributed by atoms with E-state index in [-0.39, 0.29) is 15.6 Å². The molecule has 2 aromatic carbocycles. The van der Waals surface area contributed by atoms with Crippen LogP contribution < -0.4 is 0 Å². The van der Waals surface area contributed by atoms with E-state index in [0.29, 0.717) is 5.56 Å². The van der Waals surface area contributed by atoms with E-state index >= 15 is 0 Å². The maximum atomic E-state index is 13.3. The summed E-state index contributed by atoms with van der Waals surface area (Å²) in [6.45, 7) is 1.70. The van der Waals surface area contributed by atoms with Gasteiger partial charge in [-0.3, -0.25) is 4.79 Å². The summed E-state index contributed by atoms with van der Waals surface area (Å²) >= 11 is 3.01. The van der Waals surface area contributed by atoms with Gasteiger partial charge < -0.3 is 0 Å². The molecule has 2 aromatic rings. The average Bonchev–Trinajstić information content (AvgIpc) is 2.30. The Hall–Kier alpha value is -1.55. The first-order valence-corrected chi connectivity index (χ1v) is 6.03. The van der Waals surface area contributed by atoms with Gasteiger partial charge in [-0.1, -0.05) is 0 Å². The number of rotatable bonds is 2. The maximum Gasteiger partial charge on any atom is 0.193 e. The van der Waals surface area contributed by atoms with Gasteiger partial charge in [0.05, 0.1) is 4.47 Å². The minimum absolute atomic E-state index is 0.195. The lowest BCUT2D eigenvalue weighted by Gasteiger charge is -2.04. The van der Waals surface area contributed by atoms with Crippen molar-refractivity contribution in [2.45, 2.75) is 6.92 Å². The Balaban J connectivity index is 2.44. The normalized spacial score (nSPS) is 10.4. The Morgan fingerprint density at radius 1 is 1.06 bits per heavy atom. The van der Waals surface area contributed by atoms with Gasteiger partial charge in [-0.15, -0.1) is 0 Å². The molecule has 92 valence electrons. The molecular formula is C14H9BrF2O. The summed E-state index contributed by atoms with van der Waals surface area (Å²) in [6, 6.07) is 8.14. The molecule has 2 rings (SSSR count). The van der Waals surface area contributed by atoms with Crippen LogP contribution in [0.4, 0.5) is 8.78 Å². The van der Waals surface area contributed by atoms with E-state index in [2.05, 4.69) is 15.9 Å². The third-order valence-corrected chi connectivity index (χ3v) is 3.13. The molecule has 0 fully saturated rings. The first kappa shape index (κ1) is 12.9. The molecule has 0 N–H and O–H groups in total. The van der Waals surface area contributed by atoms with Crippen molar-refractivity contribution in [3.05, 3.63) is 69.2 Å². The monoisotopic (exact) mass is 310 g/mol. The molecule has 0 atom stereocenters. The highest BCUT2D eigenvalue weighted by atomic mass is 79.9. The van der Waals surface area contributed by atoms with E-state index < -0.39 is 17.4 Å². The van der Waals surface area contributed by atoms with Crippen molar-refractivity contribution >= 4 is 21.7 Å². The molecule has 0 heterocycles. The van der Waals surface area contributed by atoms with Crippen molar-refractivity contribution in [1.29, 1.82) is 0 Å². The van der Waals surface area contributed by atoms with Crippen molar-refractivity contribution in [3.8, 4) is 0 Å². The molecule has 0 aliphatic rings. The van der Waals surface area contributed by atoms with Crippen LogP contribution in [-0.2, 0) is 0 Å². The van der Waals surface area contributed by atoms with E-state index in [0.717, 1.165) is 12.1 Å². The molecule has 0 aromatic heterocycles. The zero-order valence-corrected chi connectivity index (χ0v) is 11.1. The SMILES string of the molecule is Cc1cc(F)cc(C(=O)c2ccc(Br)c(F)c2)c1. The first-order chi connectivity index (χ1) is 8.47. The molecule has 0 bridgehead atoms. The second kappa shape index (κ2) is 4.98. The van der Waals surface area contributed by atoms with Gasteiger partial charge >= 0.3 is 0 Å². The third-order valence-electron chi connectivity index (χ3n) is 2.49. The standard InChI is InChI=1S/C14H9BrF2O/c1-8-4-10(6-11(16)5-8)14(18)9-2-3-12(15)13(17)7-9/h2-7H,1H3. The maximum absolute atomic E-state index is 13.3. The third kappa shape index (κ3) is 2.64. The zero-order chi connectivity index (χ0) is 13.3. The van der Waals surface area contributed by atoms with Crippen molar-refractivity contribution in [2.75, 3.05) is 0 Å². The predicted octanol–water partition coefficient (Wildman–Crippen LogP) is 4.27. The summed E-state index contributed by atoms with van der Waals surface area (Å²) in [6.07, 6.45) is 0. The van der Waals surface area contributed by atoms with E-state index in [1.165, 1.54) is 18.2 Å². The summed E-state index contributed by atoms with van der Waals surface area (Å²) in [5.41, 5.74) is 1.06. The van der Waals surface area contributed by atoms with Crippen molar-refractivity contribution in [1.82, 2.24) is 0 Å². The largest absolute Gasteiger partial charge is 0.289 e. The number of hydrogen-bond acceptors (Lipinski definition) is 1. The summed E-state index contributed by atoms with van der Waals surface area (Å²) in [4.78, 5) is 12.1. The quantitative estimate of drug-likeness (QED) is 0.757. The molecule has 0 saturated carbocycles. The number of aryl methyl sites for hydroxylation is 1. The summed E-state index contributed by atoms with van der Waals surface area (Å²) in [5.74, 6) is -1.39. The second-order valence-electron chi connectivity index (χ2n) is 3.98. The number of halogens is 3. The van der Waals surface area contributed by atoms with Crippen LogP contribution in [0.1, 0.15) is 21.5 Å². The summed E-state index contributed by atoms with van der Waals surface area (Å²) in [5, 5.41) is 0. The Bertz CT molecular complexity index is 603. The second-order valence-corrected chi connectivity index (χ2v) is 4.83. The Morgan fingerprint density at radius 2 is 1.78 bits per heavy atom. The molecule has 0 spiro atoms. The predicted molar refractivity (Wildman–Crippen MR) is 68.7 cm³/mol. The number of hydrogen-bond donors (Lipinski definition) is 0. The van der Waals surface area contributed by atoms with Crippen LogP contribution in [0.15, 0.2) is 40.9 Å². The fraction of sp³-hybridized carbons (Fsp3) is 0.0714. The highest BCUT2D eigenvalue weighted by molar-refractivity contribution is 9.10. The average molecular weight is 311 g/mol. The Labute approximate surface area is 112 Å². The van der Waals surface area contributed by atoms with Gasteiger partial charge in [-0.25, -0.2) is 8.78 Å². The fourth-order valence-corrected chi connectivity index (χ4v) is 1.92. The van der Waals surface area contributed by atoms with Gasteiger partial charge in [0, 0.05) is 11.1 Å². The number of benzene rings is 2. The van der Waals surface area contributed by atoms with E-state index in [4.69, 9.17) is 0 Å². The van der Waals surface area contributed by atoms with E-state index in [1.807, 2.05) is 0 Å². The van der Waals surface area contributed by atoms with E-state index in [1.54, 1.807) is 13.0 Å². The smallest absolute Gasteiger partial charge is 0.193 e. The van der Waals surface area contributed by atoms with Crippen LogP contribution in [0.2, 0.25) is 0 Å². The Morgan fingerprint density at radius 3 is 2.39 bits per heavy atom. The molecule has 18 heavy (non-hydrogen) atoms. The van der Waals surface area contributed by atoms with Gasteiger partial charge in [-0.2, -0.15) is 0 Å². The summed E-state index contributed by atoms with van der Waals surface area (Å²) in [7, 11) is 0. The molecule has 0 aliphatic carbocycles. The highest BCUT2D eigenvalue weighted by Gasteiger charge is 2.12. The van der Waals surface area contributed by atoms with Gasteiger partial charge in [-0.05, 0) is 64.8 Å². The highest BCUT2D eigenvalue weighted by Crippen LogP contribution is 2.19. The first-order valence-electron chi connectivity index (χ1n) is 5.24. The van der Waals surface area contributed by atoms with Crippen molar-refractivity contribution in [2.24, 2.45) is 0 Å². The number of ketones is 1. The molecular weight excluding hydrogens is 302 g/mol. The lowest BCUT2D eigenvalue weighted by Crippen LogP contribution is -2.03. The number of carbonyl (C=O) groups excluding carboxylic acids is 1. The van der Waals surface area contributed by atoms with Gasteiger partial charge in [0.1, 0.15) is 11.6 Å². The van der Waals surface area contributed by atoms with Crippen LogP contribution in [-0.4, -0.2) is 5.78 Å². The molecule has 0 amide bonds. The minimum Gasteiger partial charge on any atom is -0.289 e. The Kier molecular flexibility index (Phi) is 3.57. The zero-order valence-electron chi connectivity index (χ0n) is 9.51.